The lowest BCUT2D eigenvalue weighted by Crippen LogP contribution is -1.79. The Balaban J connectivity index is 0.000000396. The summed E-state index contributed by atoms with van der Waals surface area (Å²) in [5.41, 5.74) is 0. The summed E-state index contributed by atoms with van der Waals surface area (Å²) in [5.74, 6) is 2.35. The van der Waals surface area contributed by atoms with E-state index in [0.29, 0.717) is 0 Å². The minimum Gasteiger partial charge on any atom is -0.126 e. The molecule has 0 saturated heterocycles. The van der Waals surface area contributed by atoms with E-state index in [1.165, 1.54) is 23.5 Å². The molecule has 0 N–H and O–H groups in total. The van der Waals surface area contributed by atoms with Crippen LogP contribution in [0.5, 0.6) is 0 Å². The molecule has 0 spiro atoms. The third-order valence-corrected chi connectivity index (χ3v) is 3.17. The first-order chi connectivity index (χ1) is 6.45. The zero-order chi connectivity index (χ0) is 9.52. The summed E-state index contributed by atoms with van der Waals surface area (Å²) in [7, 11) is 0. The van der Waals surface area contributed by atoms with Crippen LogP contribution in [0.15, 0.2) is 35.2 Å². The molecular formula is C12H18S. The average molecular weight is 194 g/mol. The summed E-state index contributed by atoms with van der Waals surface area (Å²) in [5, 5.41) is 0. The predicted octanol–water partition coefficient (Wildman–Crippen LogP) is 4.21. The van der Waals surface area contributed by atoms with Crippen molar-refractivity contribution in [2.24, 2.45) is 5.92 Å². The van der Waals surface area contributed by atoms with Gasteiger partial charge in [-0.05, 0) is 30.9 Å². The van der Waals surface area contributed by atoms with Crippen molar-refractivity contribution in [1.29, 1.82) is 0 Å². The van der Waals surface area contributed by atoms with Gasteiger partial charge < -0.3 is 0 Å². The minimum atomic E-state index is 1.03. The average Bonchev–Trinajstić information content (AvgIpc) is 3.03. The molecule has 13 heavy (non-hydrogen) atoms. The van der Waals surface area contributed by atoms with Crippen LogP contribution in [-0.2, 0) is 0 Å². The number of hydrogen-bond donors (Lipinski definition) is 0. The Morgan fingerprint density at radius 3 is 2.31 bits per heavy atom. The normalized spacial score (nSPS) is 14.6. The molecule has 2 rings (SSSR count). The van der Waals surface area contributed by atoms with Crippen molar-refractivity contribution in [1.82, 2.24) is 0 Å². The van der Waals surface area contributed by atoms with E-state index in [2.05, 4.69) is 30.3 Å². The number of benzene rings is 1. The second-order valence-corrected chi connectivity index (χ2v) is 4.16. The third kappa shape index (κ3) is 4.37. The number of thioether (sulfide) groups is 1. The van der Waals surface area contributed by atoms with E-state index in [-0.39, 0.29) is 0 Å². The fraction of sp³-hybridized carbons (Fsp3) is 0.500. The molecule has 0 radical (unpaired) electrons. The lowest BCUT2D eigenvalue weighted by atomic mass is 10.4. The lowest BCUT2D eigenvalue weighted by Gasteiger charge is -1.97. The molecule has 72 valence electrons. The summed E-state index contributed by atoms with van der Waals surface area (Å²) in [4.78, 5) is 1.42. The van der Waals surface area contributed by atoms with Crippen LogP contribution in [0.2, 0.25) is 0 Å². The van der Waals surface area contributed by atoms with Gasteiger partial charge in [0.1, 0.15) is 0 Å². The highest BCUT2D eigenvalue weighted by atomic mass is 32.2. The quantitative estimate of drug-likeness (QED) is 0.649. The Hall–Kier alpha value is -0.430. The molecule has 0 aliphatic heterocycles. The van der Waals surface area contributed by atoms with Gasteiger partial charge in [0.25, 0.3) is 0 Å². The van der Waals surface area contributed by atoms with Crippen LogP contribution in [0.3, 0.4) is 0 Å². The van der Waals surface area contributed by atoms with Gasteiger partial charge >= 0.3 is 0 Å². The van der Waals surface area contributed by atoms with Crippen LogP contribution in [0.25, 0.3) is 0 Å². The smallest absolute Gasteiger partial charge is 0.00720 e. The molecule has 1 aliphatic carbocycles. The fourth-order valence-electron chi connectivity index (χ4n) is 1.02. The molecule has 1 fully saturated rings. The molecule has 0 bridgehead atoms. The second kappa shape index (κ2) is 6.09. The van der Waals surface area contributed by atoms with Crippen LogP contribution in [0, 0.1) is 5.92 Å². The zero-order valence-corrected chi connectivity index (χ0v) is 9.31. The van der Waals surface area contributed by atoms with Gasteiger partial charge in [0.05, 0.1) is 0 Å². The standard InChI is InChI=1S/C10H12S.C2H6/c1-2-4-10(5-3-1)11-8-9-6-7-9;1-2/h1-5,9H,6-8H2;1-2H3. The molecule has 0 amide bonds. The van der Waals surface area contributed by atoms with E-state index < -0.39 is 0 Å². The lowest BCUT2D eigenvalue weighted by molar-refractivity contribution is 1.000. The summed E-state index contributed by atoms with van der Waals surface area (Å²) in [6, 6.07) is 10.7. The van der Waals surface area contributed by atoms with Crippen LogP contribution in [0.4, 0.5) is 0 Å². The van der Waals surface area contributed by atoms with Gasteiger partial charge in [-0.2, -0.15) is 0 Å². The largest absolute Gasteiger partial charge is 0.126 e. The van der Waals surface area contributed by atoms with Crippen molar-refractivity contribution in [2.75, 3.05) is 5.75 Å². The van der Waals surface area contributed by atoms with Gasteiger partial charge in [0.2, 0.25) is 0 Å². The Labute approximate surface area is 85.7 Å². The molecule has 0 atom stereocenters. The number of rotatable bonds is 3. The van der Waals surface area contributed by atoms with Crippen LogP contribution >= 0.6 is 11.8 Å². The Kier molecular flexibility index (Phi) is 4.99. The van der Waals surface area contributed by atoms with Gasteiger partial charge in [0, 0.05) is 10.6 Å². The molecular weight excluding hydrogens is 176 g/mol. The first-order valence-corrected chi connectivity index (χ1v) is 6.11. The highest BCUT2D eigenvalue weighted by Gasteiger charge is 2.20. The Morgan fingerprint density at radius 1 is 1.15 bits per heavy atom. The maximum Gasteiger partial charge on any atom is 0.00720 e. The summed E-state index contributed by atoms with van der Waals surface area (Å²) >= 11 is 1.99. The van der Waals surface area contributed by atoms with Gasteiger partial charge in [-0.25, -0.2) is 0 Å². The summed E-state index contributed by atoms with van der Waals surface area (Å²) < 4.78 is 0. The van der Waals surface area contributed by atoms with E-state index in [4.69, 9.17) is 0 Å². The monoisotopic (exact) mass is 194 g/mol. The van der Waals surface area contributed by atoms with Crippen LogP contribution < -0.4 is 0 Å². The SMILES string of the molecule is CC.c1ccc(SCC2CC2)cc1. The highest BCUT2D eigenvalue weighted by molar-refractivity contribution is 7.99. The first-order valence-electron chi connectivity index (χ1n) is 5.13. The molecule has 1 heteroatoms. The maximum atomic E-state index is 2.19. The van der Waals surface area contributed by atoms with Crippen molar-refractivity contribution >= 4 is 11.8 Å². The topological polar surface area (TPSA) is 0 Å². The zero-order valence-electron chi connectivity index (χ0n) is 8.49. The Morgan fingerprint density at radius 2 is 1.77 bits per heavy atom. The highest BCUT2D eigenvalue weighted by Crippen LogP contribution is 2.34. The van der Waals surface area contributed by atoms with Crippen molar-refractivity contribution < 1.29 is 0 Å². The Bertz CT molecular complexity index is 214. The maximum absolute atomic E-state index is 2.19. The summed E-state index contributed by atoms with van der Waals surface area (Å²) in [6.45, 7) is 4.00. The fourth-order valence-corrected chi connectivity index (χ4v) is 2.13. The molecule has 1 aromatic rings. The van der Waals surface area contributed by atoms with Crippen molar-refractivity contribution in [3.8, 4) is 0 Å². The molecule has 1 saturated carbocycles. The molecule has 0 aromatic heterocycles. The molecule has 0 nitrogen and oxygen atoms in total. The van der Waals surface area contributed by atoms with E-state index in [1.54, 1.807) is 0 Å². The first kappa shape index (κ1) is 10.6. The predicted molar refractivity (Wildman–Crippen MR) is 61.2 cm³/mol. The van der Waals surface area contributed by atoms with E-state index in [9.17, 15) is 0 Å². The molecule has 1 aliphatic rings. The number of hydrogen-bond acceptors (Lipinski definition) is 1. The van der Waals surface area contributed by atoms with Crippen LogP contribution in [0.1, 0.15) is 26.7 Å². The van der Waals surface area contributed by atoms with E-state index in [1.807, 2.05) is 25.6 Å². The van der Waals surface area contributed by atoms with E-state index >= 15 is 0 Å². The van der Waals surface area contributed by atoms with Crippen LogP contribution in [-0.4, -0.2) is 5.75 Å². The second-order valence-electron chi connectivity index (χ2n) is 3.07. The third-order valence-electron chi connectivity index (χ3n) is 1.93. The molecule has 1 aromatic carbocycles. The minimum absolute atomic E-state index is 1.03. The van der Waals surface area contributed by atoms with Gasteiger partial charge in [-0.3, -0.25) is 0 Å². The van der Waals surface area contributed by atoms with Gasteiger partial charge in [-0.15, -0.1) is 11.8 Å². The molecule has 0 unspecified atom stereocenters. The van der Waals surface area contributed by atoms with Crippen molar-refractivity contribution in [2.45, 2.75) is 31.6 Å². The summed E-state index contributed by atoms with van der Waals surface area (Å²) in [6.07, 6.45) is 2.92. The van der Waals surface area contributed by atoms with Crippen molar-refractivity contribution in [3.05, 3.63) is 30.3 Å². The molecule has 0 heterocycles. The van der Waals surface area contributed by atoms with E-state index in [0.717, 1.165) is 5.92 Å². The van der Waals surface area contributed by atoms with Crippen molar-refractivity contribution in [3.63, 3.8) is 0 Å². The van der Waals surface area contributed by atoms with Gasteiger partial charge in [-0.1, -0.05) is 32.0 Å². The van der Waals surface area contributed by atoms with Gasteiger partial charge in [0.15, 0.2) is 0 Å².